The molecule has 2 rings (SSSR count). The van der Waals surface area contributed by atoms with Crippen LogP contribution in [-0.2, 0) is 17.6 Å². The second kappa shape index (κ2) is 10.9. The summed E-state index contributed by atoms with van der Waals surface area (Å²) in [6, 6.07) is 5.94. The number of aryl methyl sites for hydroxylation is 2. The first-order valence-corrected chi connectivity index (χ1v) is 8.31. The Morgan fingerprint density at radius 3 is 2.04 bits per heavy atom. The number of esters is 1. The Labute approximate surface area is 158 Å². The third kappa shape index (κ3) is 5.62. The van der Waals surface area contributed by atoms with Gasteiger partial charge in [-0.25, -0.2) is 4.79 Å². The van der Waals surface area contributed by atoms with E-state index < -0.39 is 0 Å². The van der Waals surface area contributed by atoms with Gasteiger partial charge < -0.3 is 9.64 Å². The molecule has 1 aromatic carbocycles. The summed E-state index contributed by atoms with van der Waals surface area (Å²) in [7, 11) is 2.12. The van der Waals surface area contributed by atoms with Gasteiger partial charge >= 0.3 is 5.97 Å². The highest BCUT2D eigenvalue weighted by molar-refractivity contribution is 5.85. The molecular weight excluding hydrogens is 347 g/mol. The topological polar surface area (TPSA) is 32.8 Å². The number of rotatable bonds is 5. The molecule has 0 saturated carbocycles. The van der Waals surface area contributed by atoms with Crippen LogP contribution in [0.15, 0.2) is 18.2 Å². The number of halogens is 2. The minimum atomic E-state index is -0.191. The van der Waals surface area contributed by atoms with Gasteiger partial charge in [0.15, 0.2) is 0 Å². The number of carbonyl (C=O) groups is 1. The van der Waals surface area contributed by atoms with Crippen molar-refractivity contribution >= 4 is 30.8 Å². The first kappa shape index (κ1) is 23.2. The zero-order valence-corrected chi connectivity index (χ0v) is 16.7. The molecule has 1 aliphatic heterocycles. The molecule has 0 bridgehead atoms. The van der Waals surface area contributed by atoms with Crippen molar-refractivity contribution in [2.75, 3.05) is 33.2 Å². The maximum Gasteiger partial charge on any atom is 0.328 e. The Morgan fingerprint density at radius 2 is 1.58 bits per heavy atom. The van der Waals surface area contributed by atoms with E-state index in [0.29, 0.717) is 0 Å². The van der Waals surface area contributed by atoms with Crippen molar-refractivity contribution < 1.29 is 9.53 Å². The maximum atomic E-state index is 12.6. The molecule has 0 aromatic heterocycles. The smallest absolute Gasteiger partial charge is 0.328 e. The van der Waals surface area contributed by atoms with Crippen LogP contribution in [0.4, 0.5) is 0 Å². The summed E-state index contributed by atoms with van der Waals surface area (Å²) in [6.45, 7) is 9.98. The molecule has 0 spiro atoms. The Hall–Kier alpha value is -0.810. The molecule has 1 aromatic rings. The fraction of sp³-hybridized carbons (Fsp3) is 0.611. The van der Waals surface area contributed by atoms with E-state index in [1.54, 1.807) is 0 Å². The summed E-state index contributed by atoms with van der Waals surface area (Å²) >= 11 is 0. The van der Waals surface area contributed by atoms with Gasteiger partial charge in [-0.15, -0.1) is 24.8 Å². The lowest BCUT2D eigenvalue weighted by Gasteiger charge is -2.35. The van der Waals surface area contributed by atoms with Crippen LogP contribution in [0.5, 0.6) is 5.75 Å². The van der Waals surface area contributed by atoms with Gasteiger partial charge in [0.05, 0.1) is 0 Å². The molecule has 138 valence electrons. The maximum absolute atomic E-state index is 12.6. The Balaban J connectivity index is 0.00000264. The highest BCUT2D eigenvalue weighted by Crippen LogP contribution is 2.26. The molecule has 24 heavy (non-hydrogen) atoms. The number of nitrogens with zero attached hydrogens (tertiary/aromatic N) is 2. The van der Waals surface area contributed by atoms with Crippen molar-refractivity contribution in [1.82, 2.24) is 9.80 Å². The van der Waals surface area contributed by atoms with Gasteiger partial charge in [-0.05, 0) is 37.9 Å². The molecule has 0 N–H and O–H groups in total. The zero-order chi connectivity index (χ0) is 16.1. The lowest BCUT2D eigenvalue weighted by Crippen LogP contribution is -2.51. The third-order valence-electron chi connectivity index (χ3n) is 4.57. The first-order chi connectivity index (χ1) is 10.6. The molecule has 1 unspecified atom stereocenters. The molecule has 6 heteroatoms. The van der Waals surface area contributed by atoms with E-state index in [-0.39, 0.29) is 36.8 Å². The monoisotopic (exact) mass is 376 g/mol. The van der Waals surface area contributed by atoms with Crippen molar-refractivity contribution in [2.45, 2.75) is 39.7 Å². The van der Waals surface area contributed by atoms with Crippen LogP contribution < -0.4 is 4.74 Å². The second-order valence-corrected chi connectivity index (χ2v) is 6.05. The summed E-state index contributed by atoms with van der Waals surface area (Å²) in [5.74, 6) is 0.638. The normalized spacial score (nSPS) is 16.7. The molecule has 1 fully saturated rings. The highest BCUT2D eigenvalue weighted by Gasteiger charge is 2.26. The molecule has 0 radical (unpaired) electrons. The minimum absolute atomic E-state index is 0. The van der Waals surface area contributed by atoms with Gasteiger partial charge in [-0.2, -0.15) is 0 Å². The third-order valence-corrected chi connectivity index (χ3v) is 4.57. The number of ether oxygens (including phenoxy) is 1. The second-order valence-electron chi connectivity index (χ2n) is 6.05. The van der Waals surface area contributed by atoms with Crippen molar-refractivity contribution in [3.05, 3.63) is 29.3 Å². The lowest BCUT2D eigenvalue weighted by molar-refractivity contribution is -0.140. The first-order valence-electron chi connectivity index (χ1n) is 8.31. The van der Waals surface area contributed by atoms with Gasteiger partial charge in [-0.1, -0.05) is 32.0 Å². The van der Waals surface area contributed by atoms with Crippen LogP contribution >= 0.6 is 24.8 Å². The Kier molecular flexibility index (Phi) is 10.6. The van der Waals surface area contributed by atoms with Crippen LogP contribution in [0, 0.1) is 0 Å². The fourth-order valence-corrected chi connectivity index (χ4v) is 2.87. The summed E-state index contributed by atoms with van der Waals surface area (Å²) in [5.41, 5.74) is 2.22. The van der Waals surface area contributed by atoms with Crippen molar-refractivity contribution in [1.29, 1.82) is 0 Å². The average Bonchev–Trinajstić information content (AvgIpc) is 2.55. The molecule has 1 saturated heterocycles. The van der Waals surface area contributed by atoms with E-state index in [0.717, 1.165) is 55.9 Å². The summed E-state index contributed by atoms with van der Waals surface area (Å²) in [6.07, 6.45) is 1.75. The van der Waals surface area contributed by atoms with E-state index in [1.807, 2.05) is 25.1 Å². The van der Waals surface area contributed by atoms with Crippen LogP contribution in [0.2, 0.25) is 0 Å². The highest BCUT2D eigenvalue weighted by atomic mass is 35.5. The van der Waals surface area contributed by atoms with Gasteiger partial charge in [0, 0.05) is 26.2 Å². The molecule has 0 amide bonds. The van der Waals surface area contributed by atoms with E-state index in [1.165, 1.54) is 0 Å². The van der Waals surface area contributed by atoms with E-state index >= 15 is 0 Å². The molecule has 1 atom stereocenters. The standard InChI is InChI=1S/C18H28N2O2.2ClH/c1-5-15-8-7-9-16(6-2)17(15)22-18(21)14(3)20-12-10-19(4)11-13-20;;/h7-9,14H,5-6,10-13H2,1-4H3;2*1H. The molecule has 0 aliphatic carbocycles. The van der Waals surface area contributed by atoms with Crippen LogP contribution in [0.25, 0.3) is 0 Å². The number of benzene rings is 1. The largest absolute Gasteiger partial charge is 0.425 e. The molecule has 4 nitrogen and oxygen atoms in total. The van der Waals surface area contributed by atoms with Gasteiger partial charge in [0.2, 0.25) is 0 Å². The van der Waals surface area contributed by atoms with Crippen LogP contribution in [-0.4, -0.2) is 55.0 Å². The number of hydrogen-bond donors (Lipinski definition) is 0. The predicted molar refractivity (Wildman–Crippen MR) is 104 cm³/mol. The average molecular weight is 377 g/mol. The van der Waals surface area contributed by atoms with Gasteiger partial charge in [-0.3, -0.25) is 4.90 Å². The lowest BCUT2D eigenvalue weighted by atomic mass is 10.0. The zero-order valence-electron chi connectivity index (χ0n) is 15.1. The fourth-order valence-electron chi connectivity index (χ4n) is 2.87. The van der Waals surface area contributed by atoms with Crippen molar-refractivity contribution in [2.24, 2.45) is 0 Å². The number of piperazine rings is 1. The van der Waals surface area contributed by atoms with Crippen molar-refractivity contribution in [3.8, 4) is 5.75 Å². The number of para-hydroxylation sites is 1. The molecule has 1 aliphatic rings. The van der Waals surface area contributed by atoms with Crippen LogP contribution in [0.3, 0.4) is 0 Å². The number of hydrogen-bond acceptors (Lipinski definition) is 4. The quantitative estimate of drug-likeness (QED) is 0.583. The van der Waals surface area contributed by atoms with Gasteiger partial charge in [0.25, 0.3) is 0 Å². The van der Waals surface area contributed by atoms with E-state index in [9.17, 15) is 4.79 Å². The van der Waals surface area contributed by atoms with Gasteiger partial charge in [0.1, 0.15) is 11.8 Å². The molecule has 1 heterocycles. The van der Waals surface area contributed by atoms with Crippen molar-refractivity contribution in [3.63, 3.8) is 0 Å². The van der Waals surface area contributed by atoms with E-state index in [4.69, 9.17) is 4.74 Å². The summed E-state index contributed by atoms with van der Waals surface area (Å²) in [5, 5.41) is 0. The predicted octanol–water partition coefficient (Wildman–Crippen LogP) is 3.20. The van der Waals surface area contributed by atoms with E-state index in [2.05, 4.69) is 30.7 Å². The summed E-state index contributed by atoms with van der Waals surface area (Å²) in [4.78, 5) is 17.1. The molecular formula is C18H30Cl2N2O2. The SMILES string of the molecule is CCc1cccc(CC)c1OC(=O)C(C)N1CCN(C)CC1.Cl.Cl. The minimum Gasteiger partial charge on any atom is -0.425 e. The number of carbonyl (C=O) groups excluding carboxylic acids is 1. The summed E-state index contributed by atoms with van der Waals surface area (Å²) < 4.78 is 5.81. The number of likely N-dealkylation sites (N-methyl/N-ethyl adjacent to an activating group) is 1. The van der Waals surface area contributed by atoms with Crippen LogP contribution in [0.1, 0.15) is 31.9 Å². The Bertz CT molecular complexity index is 495. The Morgan fingerprint density at radius 1 is 1.08 bits per heavy atom.